The molecular formula is C28H34FN5O4S. The SMILES string of the molecule is CSc1cccc(Oc2ncc(F)cc2C(=O)NC2CCC(NC(=O)c3cc(C(C)C)n(CCO)n3)CC2)c1. The summed E-state index contributed by atoms with van der Waals surface area (Å²) in [7, 11) is 0. The number of aliphatic hydroxyl groups is 1. The number of benzene rings is 1. The zero-order valence-electron chi connectivity index (χ0n) is 22.3. The van der Waals surface area contributed by atoms with E-state index in [1.165, 1.54) is 0 Å². The summed E-state index contributed by atoms with van der Waals surface area (Å²) in [6.45, 7) is 4.31. The highest BCUT2D eigenvalue weighted by atomic mass is 32.2. The molecule has 39 heavy (non-hydrogen) atoms. The van der Waals surface area contributed by atoms with Gasteiger partial charge in [0.2, 0.25) is 5.88 Å². The number of pyridine rings is 1. The van der Waals surface area contributed by atoms with Crippen LogP contribution < -0.4 is 15.4 Å². The van der Waals surface area contributed by atoms with Crippen molar-refractivity contribution < 1.29 is 23.8 Å². The first-order valence-corrected chi connectivity index (χ1v) is 14.3. The van der Waals surface area contributed by atoms with Crippen LogP contribution in [-0.2, 0) is 6.54 Å². The predicted octanol–water partition coefficient (Wildman–Crippen LogP) is 4.52. The van der Waals surface area contributed by atoms with Crippen molar-refractivity contribution >= 4 is 23.6 Å². The van der Waals surface area contributed by atoms with Gasteiger partial charge in [-0.25, -0.2) is 9.37 Å². The molecule has 1 fully saturated rings. The van der Waals surface area contributed by atoms with Crippen molar-refractivity contribution in [3.8, 4) is 11.6 Å². The van der Waals surface area contributed by atoms with Crippen molar-refractivity contribution in [3.63, 3.8) is 0 Å². The van der Waals surface area contributed by atoms with E-state index in [4.69, 9.17) is 4.74 Å². The van der Waals surface area contributed by atoms with Crippen molar-refractivity contribution in [1.82, 2.24) is 25.4 Å². The van der Waals surface area contributed by atoms with Crippen LogP contribution in [0.25, 0.3) is 0 Å². The third-order valence-corrected chi connectivity index (χ3v) is 7.39. The van der Waals surface area contributed by atoms with Crippen LogP contribution in [0.1, 0.15) is 72.0 Å². The van der Waals surface area contributed by atoms with Crippen molar-refractivity contribution in [1.29, 1.82) is 0 Å². The molecule has 208 valence electrons. The summed E-state index contributed by atoms with van der Waals surface area (Å²) in [4.78, 5) is 30.9. The molecule has 3 N–H and O–H groups in total. The summed E-state index contributed by atoms with van der Waals surface area (Å²) in [6.07, 6.45) is 5.64. The molecule has 0 spiro atoms. The maximum absolute atomic E-state index is 14.0. The molecule has 0 aliphatic heterocycles. The summed E-state index contributed by atoms with van der Waals surface area (Å²) in [5, 5.41) is 19.7. The molecule has 1 aromatic carbocycles. The van der Waals surface area contributed by atoms with Crippen LogP contribution in [0.3, 0.4) is 0 Å². The normalized spacial score (nSPS) is 17.2. The van der Waals surface area contributed by atoms with E-state index >= 15 is 0 Å². The van der Waals surface area contributed by atoms with Gasteiger partial charge >= 0.3 is 0 Å². The van der Waals surface area contributed by atoms with E-state index in [0.717, 1.165) is 22.9 Å². The van der Waals surface area contributed by atoms with Gasteiger partial charge in [0, 0.05) is 22.7 Å². The molecule has 3 aromatic rings. The molecule has 4 rings (SSSR count). The smallest absolute Gasteiger partial charge is 0.272 e. The fraction of sp³-hybridized carbons (Fsp3) is 0.429. The molecule has 1 saturated carbocycles. The molecule has 2 aromatic heterocycles. The van der Waals surface area contributed by atoms with Crippen LogP contribution in [0, 0.1) is 5.82 Å². The Kier molecular flexibility index (Phi) is 9.58. The number of hydrogen-bond donors (Lipinski definition) is 3. The number of aliphatic hydroxyl groups excluding tert-OH is 1. The van der Waals surface area contributed by atoms with Crippen molar-refractivity contribution in [2.45, 2.75) is 69.0 Å². The van der Waals surface area contributed by atoms with Gasteiger partial charge in [-0.15, -0.1) is 11.8 Å². The van der Waals surface area contributed by atoms with Crippen LogP contribution in [0.15, 0.2) is 47.5 Å². The number of nitrogens with one attached hydrogen (secondary N) is 2. The quantitative estimate of drug-likeness (QED) is 0.315. The van der Waals surface area contributed by atoms with E-state index in [1.807, 2.05) is 38.3 Å². The number of nitrogens with zero attached hydrogens (tertiary/aromatic N) is 3. The average Bonchev–Trinajstić information content (AvgIpc) is 3.35. The summed E-state index contributed by atoms with van der Waals surface area (Å²) in [5.41, 5.74) is 1.25. The molecule has 9 nitrogen and oxygen atoms in total. The number of amides is 2. The molecule has 2 amide bonds. The highest BCUT2D eigenvalue weighted by Crippen LogP contribution is 2.28. The lowest BCUT2D eigenvalue weighted by molar-refractivity contribution is 0.0887. The van der Waals surface area contributed by atoms with E-state index in [-0.39, 0.29) is 42.0 Å². The van der Waals surface area contributed by atoms with Crippen LogP contribution in [0.2, 0.25) is 0 Å². The molecular weight excluding hydrogens is 521 g/mol. The number of carbonyl (C=O) groups is 2. The number of ether oxygens (including phenoxy) is 1. The summed E-state index contributed by atoms with van der Waals surface area (Å²) < 4.78 is 21.5. The van der Waals surface area contributed by atoms with Gasteiger partial charge in [0.1, 0.15) is 22.8 Å². The first-order chi connectivity index (χ1) is 18.8. The number of rotatable bonds is 10. The lowest BCUT2D eigenvalue weighted by atomic mass is 9.91. The van der Waals surface area contributed by atoms with Gasteiger partial charge in [-0.1, -0.05) is 19.9 Å². The Balaban J connectivity index is 1.34. The van der Waals surface area contributed by atoms with E-state index in [1.54, 1.807) is 28.6 Å². The molecule has 0 unspecified atom stereocenters. The minimum absolute atomic E-state index is 0.0272. The molecule has 0 atom stereocenters. The minimum atomic E-state index is -0.626. The molecule has 0 saturated heterocycles. The lowest BCUT2D eigenvalue weighted by Crippen LogP contribution is -2.44. The Hall–Kier alpha value is -3.44. The Labute approximate surface area is 231 Å². The zero-order valence-corrected chi connectivity index (χ0v) is 23.1. The Bertz CT molecular complexity index is 1310. The van der Waals surface area contributed by atoms with Crippen LogP contribution >= 0.6 is 11.8 Å². The first-order valence-electron chi connectivity index (χ1n) is 13.0. The third-order valence-electron chi connectivity index (χ3n) is 6.66. The molecule has 0 bridgehead atoms. The molecule has 11 heteroatoms. The minimum Gasteiger partial charge on any atom is -0.438 e. The molecule has 2 heterocycles. The Morgan fingerprint density at radius 2 is 1.82 bits per heavy atom. The van der Waals surface area contributed by atoms with Crippen LogP contribution in [-0.4, -0.2) is 56.6 Å². The Morgan fingerprint density at radius 3 is 2.46 bits per heavy atom. The fourth-order valence-corrected chi connectivity index (χ4v) is 5.08. The number of hydrogen-bond acceptors (Lipinski definition) is 7. The topological polar surface area (TPSA) is 118 Å². The third kappa shape index (κ3) is 7.36. The van der Waals surface area contributed by atoms with Gasteiger partial charge in [0.05, 0.1) is 19.3 Å². The van der Waals surface area contributed by atoms with Gasteiger partial charge < -0.3 is 20.5 Å². The first kappa shape index (κ1) is 28.6. The van der Waals surface area contributed by atoms with Crippen molar-refractivity contribution in [2.24, 2.45) is 0 Å². The van der Waals surface area contributed by atoms with Crippen molar-refractivity contribution in [3.05, 3.63) is 65.4 Å². The second-order valence-corrected chi connectivity index (χ2v) is 10.7. The fourth-order valence-electron chi connectivity index (χ4n) is 4.63. The molecule has 1 aliphatic carbocycles. The second-order valence-electron chi connectivity index (χ2n) is 9.84. The Morgan fingerprint density at radius 1 is 1.13 bits per heavy atom. The highest BCUT2D eigenvalue weighted by Gasteiger charge is 2.27. The van der Waals surface area contributed by atoms with E-state index in [9.17, 15) is 19.1 Å². The van der Waals surface area contributed by atoms with Crippen molar-refractivity contribution in [2.75, 3.05) is 12.9 Å². The van der Waals surface area contributed by atoms with E-state index in [2.05, 4.69) is 20.7 Å². The number of halogens is 1. The van der Waals surface area contributed by atoms with Gasteiger partial charge in [-0.05, 0) is 68.2 Å². The molecule has 0 radical (unpaired) electrons. The van der Waals surface area contributed by atoms with E-state index in [0.29, 0.717) is 43.7 Å². The van der Waals surface area contributed by atoms with Gasteiger partial charge in [-0.3, -0.25) is 14.3 Å². The predicted molar refractivity (Wildman–Crippen MR) is 147 cm³/mol. The van der Waals surface area contributed by atoms with Gasteiger partial charge in [0.15, 0.2) is 0 Å². The monoisotopic (exact) mass is 555 g/mol. The maximum Gasteiger partial charge on any atom is 0.272 e. The van der Waals surface area contributed by atoms with Crippen LogP contribution in [0.5, 0.6) is 11.6 Å². The standard InChI is InChI=1S/C28H34FN5O4S/c1-17(2)25-15-24(33-34(25)11-12-35)27(37)32-20-9-7-19(8-10-20)31-26(36)23-13-18(29)16-30-28(23)38-21-5-4-6-22(14-21)39-3/h4-6,13-17,19-20,35H,7-12H2,1-3H3,(H,31,36)(H,32,37). The van der Waals surface area contributed by atoms with Gasteiger partial charge in [0.25, 0.3) is 11.8 Å². The molecule has 1 aliphatic rings. The number of thioether (sulfide) groups is 1. The lowest BCUT2D eigenvalue weighted by Gasteiger charge is -2.29. The van der Waals surface area contributed by atoms with Gasteiger partial charge in [-0.2, -0.15) is 5.10 Å². The second kappa shape index (κ2) is 13.1. The van der Waals surface area contributed by atoms with E-state index < -0.39 is 11.7 Å². The average molecular weight is 556 g/mol. The largest absolute Gasteiger partial charge is 0.438 e. The van der Waals surface area contributed by atoms with Crippen LogP contribution in [0.4, 0.5) is 4.39 Å². The number of aromatic nitrogens is 3. The maximum atomic E-state index is 14.0. The summed E-state index contributed by atoms with van der Waals surface area (Å²) in [5.74, 6) is -0.619. The zero-order chi connectivity index (χ0) is 27.9. The summed E-state index contributed by atoms with van der Waals surface area (Å²) in [6, 6.07) is 10.1. The number of carbonyl (C=O) groups excluding carboxylic acids is 2. The summed E-state index contributed by atoms with van der Waals surface area (Å²) >= 11 is 1.56. The highest BCUT2D eigenvalue weighted by molar-refractivity contribution is 7.98.